The van der Waals surface area contributed by atoms with Crippen molar-refractivity contribution < 1.29 is 8.83 Å². The van der Waals surface area contributed by atoms with Gasteiger partial charge in [-0.1, -0.05) is 164 Å². The topological polar surface area (TPSA) is 65.0 Å². The third kappa shape index (κ3) is 6.28. The molecule has 0 aliphatic rings. The van der Waals surface area contributed by atoms with Crippen LogP contribution in [0.1, 0.15) is 0 Å². The Kier molecular flexibility index (Phi) is 8.52. The summed E-state index contributed by atoms with van der Waals surface area (Å²) in [5, 5.41) is 11.2. The summed E-state index contributed by atoms with van der Waals surface area (Å²) in [6, 6.07) is 79.0. The molecule has 0 N–H and O–H groups in total. The van der Waals surface area contributed by atoms with Gasteiger partial charge in [-0.25, -0.2) is 15.0 Å². The van der Waals surface area contributed by atoms with Crippen LogP contribution in [0.4, 0.5) is 0 Å². The largest absolute Gasteiger partial charge is 0.456 e. The van der Waals surface area contributed by atoms with Crippen molar-refractivity contribution in [3.63, 3.8) is 0 Å². The van der Waals surface area contributed by atoms with E-state index in [1.165, 1.54) is 27.5 Å². The van der Waals surface area contributed by atoms with Crippen LogP contribution in [-0.4, -0.2) is 15.0 Å². The first-order valence-electron chi connectivity index (χ1n) is 22.9. The van der Waals surface area contributed by atoms with Gasteiger partial charge in [0.05, 0.1) is 0 Å². The van der Waals surface area contributed by atoms with E-state index in [0.29, 0.717) is 17.5 Å². The van der Waals surface area contributed by atoms with Crippen LogP contribution < -0.4 is 0 Å². The SMILES string of the molecule is c1ccc(-c2ccc(-c3ccc4oc5cccc(-c6ccc7ccc(-c8nc(-c9ccc%10ccccc%10c9)nc(-c9ccc%10oc%11ccccc%11c%10c9)n8)cc7c6)c5c4c3)c3ccccc23)cc1. The standard InChI is InChI=1S/C63H37N3O2/c1-2-12-40(13-3-1)48-29-30-49(52-16-7-6-15-51(48)52)43-27-31-58-55(36-43)60-50(18-10-20-59(60)68-58)42-24-21-39-23-26-45(35-47(39)34-42)62-64-61(44-25-22-38-11-4-5-14-41(38)33-44)65-63(66-62)46-28-32-57-54(37-46)53-17-8-9-19-56(53)67-57/h1-37H. The van der Waals surface area contributed by atoms with Crippen LogP contribution in [0.15, 0.2) is 233 Å². The highest BCUT2D eigenvalue weighted by molar-refractivity contribution is 6.15. The van der Waals surface area contributed by atoms with Gasteiger partial charge in [0, 0.05) is 38.2 Å². The molecular formula is C63H37N3O2. The van der Waals surface area contributed by atoms with E-state index < -0.39 is 0 Å². The first-order valence-corrected chi connectivity index (χ1v) is 22.9. The summed E-state index contributed by atoms with van der Waals surface area (Å²) in [6.45, 7) is 0. The maximum Gasteiger partial charge on any atom is 0.164 e. The highest BCUT2D eigenvalue weighted by Crippen LogP contribution is 2.42. The number of hydrogen-bond acceptors (Lipinski definition) is 5. The van der Waals surface area contributed by atoms with Gasteiger partial charge in [-0.2, -0.15) is 0 Å². The second-order valence-electron chi connectivity index (χ2n) is 17.5. The van der Waals surface area contributed by atoms with Crippen molar-refractivity contribution >= 4 is 76.2 Å². The molecule has 0 amide bonds. The fourth-order valence-electron chi connectivity index (χ4n) is 10.2. The monoisotopic (exact) mass is 867 g/mol. The van der Waals surface area contributed by atoms with Gasteiger partial charge in [-0.3, -0.25) is 0 Å². The molecule has 3 aromatic heterocycles. The van der Waals surface area contributed by atoms with Crippen LogP contribution in [0.3, 0.4) is 0 Å². The molecular weight excluding hydrogens is 831 g/mol. The molecule has 0 unspecified atom stereocenters. The lowest BCUT2D eigenvalue weighted by Gasteiger charge is -2.12. The maximum atomic E-state index is 6.57. The number of benzene rings is 11. The molecule has 0 saturated carbocycles. The van der Waals surface area contributed by atoms with Crippen molar-refractivity contribution in [3.05, 3.63) is 224 Å². The third-order valence-electron chi connectivity index (χ3n) is 13.5. The highest BCUT2D eigenvalue weighted by atomic mass is 16.3. The van der Waals surface area contributed by atoms with Gasteiger partial charge in [-0.15, -0.1) is 0 Å². The fraction of sp³-hybridized carbons (Fsp3) is 0. The Morgan fingerprint density at radius 2 is 0.706 bits per heavy atom. The van der Waals surface area contributed by atoms with Gasteiger partial charge in [0.15, 0.2) is 17.5 Å². The zero-order valence-corrected chi connectivity index (χ0v) is 36.5. The lowest BCUT2D eigenvalue weighted by atomic mass is 9.91. The van der Waals surface area contributed by atoms with Crippen molar-refractivity contribution in [3.8, 4) is 67.5 Å². The maximum absolute atomic E-state index is 6.57. The Morgan fingerprint density at radius 3 is 1.46 bits per heavy atom. The van der Waals surface area contributed by atoms with Crippen LogP contribution in [-0.2, 0) is 0 Å². The van der Waals surface area contributed by atoms with Gasteiger partial charge >= 0.3 is 0 Å². The van der Waals surface area contributed by atoms with Crippen LogP contribution in [0, 0.1) is 0 Å². The lowest BCUT2D eigenvalue weighted by Crippen LogP contribution is -2.00. The van der Waals surface area contributed by atoms with Crippen molar-refractivity contribution in [2.24, 2.45) is 0 Å². The minimum atomic E-state index is 0.595. The Morgan fingerprint density at radius 1 is 0.235 bits per heavy atom. The second-order valence-corrected chi connectivity index (χ2v) is 17.5. The molecule has 14 aromatic rings. The van der Waals surface area contributed by atoms with Gasteiger partial charge in [0.1, 0.15) is 22.3 Å². The van der Waals surface area contributed by atoms with Crippen molar-refractivity contribution in [2.75, 3.05) is 0 Å². The van der Waals surface area contributed by atoms with E-state index in [2.05, 4.69) is 194 Å². The Hall–Kier alpha value is -9.19. The average molecular weight is 868 g/mol. The van der Waals surface area contributed by atoms with E-state index in [9.17, 15) is 0 Å². The first-order chi connectivity index (χ1) is 33.6. The Labute approximate surface area is 390 Å². The Balaban J connectivity index is 0.895. The zero-order chi connectivity index (χ0) is 44.7. The number of aromatic nitrogens is 3. The molecule has 0 saturated heterocycles. The van der Waals surface area contributed by atoms with E-state index in [4.69, 9.17) is 23.8 Å². The minimum Gasteiger partial charge on any atom is -0.456 e. The summed E-state index contributed by atoms with van der Waals surface area (Å²) in [6.07, 6.45) is 0. The molecule has 11 aromatic carbocycles. The summed E-state index contributed by atoms with van der Waals surface area (Å²) in [5.41, 5.74) is 13.1. The van der Waals surface area contributed by atoms with Gasteiger partial charge in [-0.05, 0) is 126 Å². The first kappa shape index (κ1) is 38.1. The van der Waals surface area contributed by atoms with E-state index in [1.807, 2.05) is 30.3 Å². The Bertz CT molecular complexity index is 4340. The van der Waals surface area contributed by atoms with E-state index in [0.717, 1.165) is 98.8 Å². The number of furan rings is 2. The minimum absolute atomic E-state index is 0.595. The van der Waals surface area contributed by atoms with Crippen LogP contribution in [0.5, 0.6) is 0 Å². The number of fused-ring (bicyclic) bond motifs is 9. The van der Waals surface area contributed by atoms with E-state index in [-0.39, 0.29) is 0 Å². The van der Waals surface area contributed by atoms with E-state index in [1.54, 1.807) is 0 Å². The number of nitrogens with zero attached hydrogens (tertiary/aromatic N) is 3. The summed E-state index contributed by atoms with van der Waals surface area (Å²) in [7, 11) is 0. The summed E-state index contributed by atoms with van der Waals surface area (Å²) in [5.74, 6) is 1.80. The third-order valence-corrected chi connectivity index (χ3v) is 13.5. The predicted molar refractivity (Wildman–Crippen MR) is 280 cm³/mol. The molecule has 14 rings (SSSR count). The second kappa shape index (κ2) is 15.2. The quantitative estimate of drug-likeness (QED) is 0.167. The van der Waals surface area contributed by atoms with Crippen LogP contribution in [0.25, 0.3) is 144 Å². The van der Waals surface area contributed by atoms with Crippen molar-refractivity contribution in [1.82, 2.24) is 15.0 Å². The molecule has 0 fully saturated rings. The smallest absolute Gasteiger partial charge is 0.164 e. The molecule has 0 radical (unpaired) electrons. The zero-order valence-electron chi connectivity index (χ0n) is 36.5. The molecule has 68 heavy (non-hydrogen) atoms. The van der Waals surface area contributed by atoms with Crippen LogP contribution in [0.2, 0.25) is 0 Å². The molecule has 5 nitrogen and oxygen atoms in total. The van der Waals surface area contributed by atoms with Gasteiger partial charge in [0.25, 0.3) is 0 Å². The van der Waals surface area contributed by atoms with E-state index >= 15 is 0 Å². The molecule has 0 bridgehead atoms. The average Bonchev–Trinajstić information content (AvgIpc) is 3.98. The van der Waals surface area contributed by atoms with Gasteiger partial charge < -0.3 is 8.83 Å². The van der Waals surface area contributed by atoms with Crippen molar-refractivity contribution in [1.29, 1.82) is 0 Å². The number of para-hydroxylation sites is 1. The van der Waals surface area contributed by atoms with Crippen LogP contribution >= 0.6 is 0 Å². The molecule has 5 heteroatoms. The van der Waals surface area contributed by atoms with Gasteiger partial charge in [0.2, 0.25) is 0 Å². The summed E-state index contributed by atoms with van der Waals surface area (Å²) >= 11 is 0. The molecule has 316 valence electrons. The lowest BCUT2D eigenvalue weighted by molar-refractivity contribution is 0.668. The molecule has 3 heterocycles. The molecule has 0 atom stereocenters. The summed E-state index contributed by atoms with van der Waals surface area (Å²) in [4.78, 5) is 15.5. The molecule has 0 aliphatic carbocycles. The predicted octanol–water partition coefficient (Wildman–Crippen LogP) is 17.1. The highest BCUT2D eigenvalue weighted by Gasteiger charge is 2.18. The fourth-order valence-corrected chi connectivity index (χ4v) is 10.2. The number of hydrogen-bond donors (Lipinski definition) is 0. The molecule has 0 spiro atoms. The number of rotatable bonds is 6. The summed E-state index contributed by atoms with van der Waals surface area (Å²) < 4.78 is 12.8. The van der Waals surface area contributed by atoms with Crippen molar-refractivity contribution in [2.45, 2.75) is 0 Å². The normalized spacial score (nSPS) is 11.8. The molecule has 0 aliphatic heterocycles.